The van der Waals surface area contributed by atoms with Crippen LogP contribution in [0.15, 0.2) is 48.5 Å². The van der Waals surface area contributed by atoms with E-state index in [1.54, 1.807) is 0 Å². The molecule has 1 aromatic heterocycles. The molecule has 1 heterocycles. The van der Waals surface area contributed by atoms with Gasteiger partial charge in [0.2, 0.25) is 0 Å². The van der Waals surface area contributed by atoms with E-state index in [1.807, 2.05) is 6.92 Å². The Morgan fingerprint density at radius 1 is 0.698 bits per heavy atom. The van der Waals surface area contributed by atoms with E-state index in [0.717, 1.165) is 29.8 Å². The second-order valence-electron chi connectivity index (χ2n) is 11.4. The van der Waals surface area contributed by atoms with Crippen molar-refractivity contribution in [2.24, 2.45) is 0 Å². The zero-order chi connectivity index (χ0) is 30.7. The lowest BCUT2D eigenvalue weighted by Crippen LogP contribution is -2.21. The Bertz CT molecular complexity index is 1280. The van der Waals surface area contributed by atoms with E-state index >= 15 is 0 Å². The fourth-order valence-corrected chi connectivity index (χ4v) is 5.34. The molecule has 0 bridgehead atoms. The molecule has 43 heavy (non-hydrogen) atoms. The lowest BCUT2D eigenvalue weighted by molar-refractivity contribution is 0.607. The summed E-state index contributed by atoms with van der Waals surface area (Å²) in [5.41, 5.74) is 13.8. The van der Waals surface area contributed by atoms with Crippen LogP contribution in [0.25, 0.3) is 0 Å². The van der Waals surface area contributed by atoms with Gasteiger partial charge in [-0.2, -0.15) is 5.26 Å². The standard InChI is InChI=1S/C36H50N6S/c1-4-6-8-10-12-14-16-29-18-22-31(23-19-29)39-35-33(26-37)28(3)34(42-38-27-43)36(41-35)40-32-24-20-30(21-25-32)17-15-13-11-9-7-5-2/h18-25,27,42H,4-17H2,1-3H3,(H,38,43)(H2,39,40,41). The van der Waals surface area contributed by atoms with Crippen LogP contribution in [-0.4, -0.2) is 10.5 Å². The van der Waals surface area contributed by atoms with E-state index < -0.39 is 0 Å². The quantitative estimate of drug-likeness (QED) is 0.0551. The molecule has 0 spiro atoms. The lowest BCUT2D eigenvalue weighted by Gasteiger charge is -2.19. The monoisotopic (exact) mass is 598 g/mol. The van der Waals surface area contributed by atoms with Crippen molar-refractivity contribution >= 4 is 46.4 Å². The van der Waals surface area contributed by atoms with Crippen LogP contribution in [0.2, 0.25) is 0 Å². The van der Waals surface area contributed by atoms with Crippen LogP contribution >= 0.6 is 12.2 Å². The Kier molecular flexibility index (Phi) is 15.4. The van der Waals surface area contributed by atoms with Gasteiger partial charge in [-0.1, -0.05) is 115 Å². The first-order valence-electron chi connectivity index (χ1n) is 16.2. The molecule has 0 saturated carbocycles. The van der Waals surface area contributed by atoms with E-state index in [2.05, 4.69) is 89.9 Å². The number of aromatic nitrogens is 1. The number of anilines is 5. The summed E-state index contributed by atoms with van der Waals surface area (Å²) in [4.78, 5) is 4.87. The van der Waals surface area contributed by atoms with E-state index in [4.69, 9.17) is 17.2 Å². The van der Waals surface area contributed by atoms with Gasteiger partial charge < -0.3 is 10.6 Å². The molecular weight excluding hydrogens is 549 g/mol. The molecule has 0 saturated heterocycles. The number of aryl methyl sites for hydroxylation is 2. The van der Waals surface area contributed by atoms with E-state index in [1.165, 1.54) is 93.7 Å². The Morgan fingerprint density at radius 3 is 1.63 bits per heavy atom. The number of rotatable bonds is 21. The Labute approximate surface area is 265 Å². The highest BCUT2D eigenvalue weighted by atomic mass is 32.1. The van der Waals surface area contributed by atoms with Gasteiger partial charge in [0.1, 0.15) is 11.8 Å². The van der Waals surface area contributed by atoms with Crippen LogP contribution in [0.4, 0.5) is 28.7 Å². The number of hydrogen-bond acceptors (Lipinski definition) is 6. The highest BCUT2D eigenvalue weighted by molar-refractivity contribution is 7.78. The van der Waals surface area contributed by atoms with Crippen molar-refractivity contribution in [1.82, 2.24) is 10.4 Å². The summed E-state index contributed by atoms with van der Waals surface area (Å²) in [6.07, 6.45) is 17.7. The Morgan fingerprint density at radius 2 is 1.16 bits per heavy atom. The maximum atomic E-state index is 10.1. The third kappa shape index (κ3) is 11.5. The van der Waals surface area contributed by atoms with Crippen molar-refractivity contribution < 1.29 is 0 Å². The summed E-state index contributed by atoms with van der Waals surface area (Å²) >= 11 is 4.96. The molecule has 0 atom stereocenters. The summed E-state index contributed by atoms with van der Waals surface area (Å²) in [6, 6.07) is 19.3. The van der Waals surface area contributed by atoms with Crippen LogP contribution in [0, 0.1) is 18.3 Å². The molecule has 3 aromatic rings. The summed E-state index contributed by atoms with van der Waals surface area (Å²) in [5, 5.41) is 16.9. The second kappa shape index (κ2) is 19.5. The topological polar surface area (TPSA) is 84.8 Å². The van der Waals surface area contributed by atoms with Gasteiger partial charge >= 0.3 is 0 Å². The molecule has 0 amide bonds. The summed E-state index contributed by atoms with van der Waals surface area (Å²) in [6.45, 7) is 6.42. The summed E-state index contributed by atoms with van der Waals surface area (Å²) in [5.74, 6) is 1.12. The lowest BCUT2D eigenvalue weighted by atomic mass is 10.0. The van der Waals surface area contributed by atoms with Gasteiger partial charge in [0.05, 0.1) is 11.1 Å². The number of nitrogens with one attached hydrogen (secondary N) is 4. The van der Waals surface area contributed by atoms with Gasteiger partial charge in [-0.3, -0.25) is 10.9 Å². The zero-order valence-electron chi connectivity index (χ0n) is 26.4. The molecule has 0 aliphatic carbocycles. The van der Waals surface area contributed by atoms with Crippen LogP contribution in [0.3, 0.4) is 0 Å². The predicted molar refractivity (Wildman–Crippen MR) is 188 cm³/mol. The van der Waals surface area contributed by atoms with Crippen molar-refractivity contribution in [3.05, 3.63) is 70.8 Å². The average molecular weight is 599 g/mol. The number of nitriles is 1. The van der Waals surface area contributed by atoms with E-state index in [-0.39, 0.29) is 0 Å². The van der Waals surface area contributed by atoms with Crippen molar-refractivity contribution in [1.29, 1.82) is 5.26 Å². The largest absolute Gasteiger partial charge is 0.339 e. The molecule has 0 unspecified atom stereocenters. The van der Waals surface area contributed by atoms with Gasteiger partial charge in [0, 0.05) is 11.4 Å². The minimum absolute atomic E-state index is 0.477. The molecule has 0 radical (unpaired) electrons. The molecule has 0 fully saturated rings. The molecule has 7 heteroatoms. The summed E-state index contributed by atoms with van der Waals surface area (Å²) < 4.78 is 0. The van der Waals surface area contributed by atoms with Crippen LogP contribution < -0.4 is 21.5 Å². The van der Waals surface area contributed by atoms with Crippen LogP contribution in [-0.2, 0) is 12.8 Å². The second-order valence-corrected chi connectivity index (χ2v) is 11.6. The maximum Gasteiger partial charge on any atom is 0.158 e. The number of hydrogen-bond donors (Lipinski definition) is 4. The smallest absolute Gasteiger partial charge is 0.158 e. The molecule has 230 valence electrons. The van der Waals surface area contributed by atoms with Gasteiger partial charge in [0.25, 0.3) is 0 Å². The van der Waals surface area contributed by atoms with Crippen LogP contribution in [0.5, 0.6) is 0 Å². The molecule has 4 N–H and O–H groups in total. The van der Waals surface area contributed by atoms with Crippen molar-refractivity contribution in [3.63, 3.8) is 0 Å². The number of benzene rings is 2. The molecule has 2 aromatic carbocycles. The van der Waals surface area contributed by atoms with E-state index in [9.17, 15) is 5.26 Å². The van der Waals surface area contributed by atoms with Gasteiger partial charge in [-0.25, -0.2) is 4.98 Å². The zero-order valence-corrected chi connectivity index (χ0v) is 27.2. The highest BCUT2D eigenvalue weighted by Gasteiger charge is 2.18. The van der Waals surface area contributed by atoms with Crippen molar-refractivity contribution in [2.75, 3.05) is 16.1 Å². The van der Waals surface area contributed by atoms with Gasteiger partial charge in [0.15, 0.2) is 11.6 Å². The number of unbranched alkanes of at least 4 members (excludes halogenated alkanes) is 10. The SMILES string of the molecule is CCCCCCCCc1ccc(Nc2nc(Nc3ccc(CCCCCCCC)cc3)c(NNC=S)c(C)c2C#N)cc1. The van der Waals surface area contributed by atoms with Crippen LogP contribution in [0.1, 0.15) is 113 Å². The average Bonchev–Trinajstić information content (AvgIpc) is 3.02. The number of thiocarbonyl (C=S) groups is 1. The Hall–Kier alpha value is -3.63. The first kappa shape index (κ1) is 33.9. The number of nitrogens with zero attached hydrogens (tertiary/aromatic N) is 2. The highest BCUT2D eigenvalue weighted by Crippen LogP contribution is 2.34. The fraction of sp³-hybridized carbons (Fsp3) is 0.472. The minimum atomic E-state index is 0.477. The number of pyridine rings is 1. The van der Waals surface area contributed by atoms with Gasteiger partial charge in [-0.05, 0) is 73.6 Å². The fourth-order valence-electron chi connectivity index (χ4n) is 5.28. The molecule has 0 aliphatic heterocycles. The predicted octanol–water partition coefficient (Wildman–Crippen LogP) is 10.4. The number of hydrazine groups is 1. The van der Waals surface area contributed by atoms with E-state index in [0.29, 0.717) is 22.9 Å². The molecular formula is C36H50N6S. The normalized spacial score (nSPS) is 10.7. The van der Waals surface area contributed by atoms with Gasteiger partial charge in [-0.15, -0.1) is 0 Å². The summed E-state index contributed by atoms with van der Waals surface area (Å²) in [7, 11) is 0. The maximum absolute atomic E-state index is 10.1. The minimum Gasteiger partial charge on any atom is -0.339 e. The van der Waals surface area contributed by atoms with Crippen molar-refractivity contribution in [2.45, 2.75) is 111 Å². The third-order valence-corrected chi connectivity index (χ3v) is 8.00. The Balaban J connectivity index is 1.71. The molecule has 3 rings (SSSR count). The third-order valence-electron chi connectivity index (χ3n) is 7.89. The van der Waals surface area contributed by atoms with Crippen molar-refractivity contribution in [3.8, 4) is 6.07 Å². The molecule has 0 aliphatic rings. The first-order chi connectivity index (χ1) is 21.1. The first-order valence-corrected chi connectivity index (χ1v) is 16.7. The molecule has 6 nitrogen and oxygen atoms in total.